The van der Waals surface area contributed by atoms with Crippen LogP contribution in [0.4, 0.5) is 11.6 Å². The Morgan fingerprint density at radius 2 is 1.81 bits per heavy atom. The van der Waals surface area contributed by atoms with E-state index < -0.39 is 6.04 Å². The van der Waals surface area contributed by atoms with Gasteiger partial charge in [0.25, 0.3) is 5.91 Å². The molecule has 0 fully saturated rings. The predicted molar refractivity (Wildman–Crippen MR) is 140 cm³/mol. The number of anilines is 2. The molecule has 9 nitrogen and oxygen atoms in total. The molecule has 0 saturated heterocycles. The fraction of sp³-hybridized carbons (Fsp3) is 0.154. The number of pyridine rings is 1. The van der Waals surface area contributed by atoms with Gasteiger partial charge in [0.05, 0.1) is 31.7 Å². The monoisotopic (exact) mass is 546 g/mol. The van der Waals surface area contributed by atoms with Gasteiger partial charge in [0.2, 0.25) is 5.95 Å². The Labute approximate surface area is 216 Å². The van der Waals surface area contributed by atoms with Crippen LogP contribution in [0.25, 0.3) is 11.4 Å². The molecule has 2 N–H and O–H groups in total. The highest BCUT2D eigenvalue weighted by Crippen LogP contribution is 2.38. The molecule has 2 aromatic heterocycles. The number of hydrogen-bond donors (Lipinski definition) is 2. The number of nitrogens with one attached hydrogen (secondary N) is 2. The standard InChI is InChI=1S/C26H23BrN6O3/c1-15-22(25(34)30-19-5-4-10-28-14-19)23(16-6-8-18(27)9-7-16)33-26(29-15)31-24(32-33)17-11-20(35-2)13-21(12-17)36-3/h4-14,23H,1-3H3,(H,30,34)(H,29,31,32). The second kappa shape index (κ2) is 9.82. The zero-order valence-electron chi connectivity index (χ0n) is 19.8. The molecule has 3 heterocycles. The van der Waals surface area contributed by atoms with Crippen molar-refractivity contribution < 1.29 is 14.3 Å². The van der Waals surface area contributed by atoms with Gasteiger partial charge in [-0.15, -0.1) is 5.10 Å². The second-order valence-corrected chi connectivity index (χ2v) is 9.03. The molecule has 5 rings (SSSR count). The molecule has 2 aromatic carbocycles. The van der Waals surface area contributed by atoms with Crippen molar-refractivity contribution in [2.45, 2.75) is 13.0 Å². The van der Waals surface area contributed by atoms with Crippen molar-refractivity contribution >= 4 is 33.5 Å². The fourth-order valence-electron chi connectivity index (χ4n) is 4.09. The first kappa shape index (κ1) is 23.6. The number of nitrogens with zero attached hydrogens (tertiary/aromatic N) is 4. The van der Waals surface area contributed by atoms with Crippen LogP contribution in [-0.4, -0.2) is 39.9 Å². The zero-order chi connectivity index (χ0) is 25.2. The summed E-state index contributed by atoms with van der Waals surface area (Å²) in [5.74, 6) is 1.99. The summed E-state index contributed by atoms with van der Waals surface area (Å²) in [7, 11) is 3.19. The number of fused-ring (bicyclic) bond motifs is 1. The molecule has 0 spiro atoms. The molecule has 1 amide bonds. The molecule has 36 heavy (non-hydrogen) atoms. The van der Waals surface area contributed by atoms with Gasteiger partial charge in [-0.2, -0.15) is 4.98 Å². The third-order valence-electron chi connectivity index (χ3n) is 5.81. The maximum atomic E-state index is 13.5. The number of hydrogen-bond acceptors (Lipinski definition) is 7. The molecular formula is C26H23BrN6O3. The summed E-state index contributed by atoms with van der Waals surface area (Å²) in [6.07, 6.45) is 3.26. The second-order valence-electron chi connectivity index (χ2n) is 8.12. The molecule has 1 aliphatic heterocycles. The van der Waals surface area contributed by atoms with Gasteiger partial charge in [0, 0.05) is 28.0 Å². The highest BCUT2D eigenvalue weighted by molar-refractivity contribution is 9.10. The summed E-state index contributed by atoms with van der Waals surface area (Å²) in [5.41, 5.74) is 3.41. The van der Waals surface area contributed by atoms with Crippen LogP contribution in [0.1, 0.15) is 18.5 Å². The van der Waals surface area contributed by atoms with E-state index in [9.17, 15) is 4.79 Å². The summed E-state index contributed by atoms with van der Waals surface area (Å²) >= 11 is 3.49. The quantitative estimate of drug-likeness (QED) is 0.348. The number of methoxy groups -OCH3 is 2. The van der Waals surface area contributed by atoms with Crippen LogP contribution < -0.4 is 20.1 Å². The summed E-state index contributed by atoms with van der Waals surface area (Å²) in [4.78, 5) is 22.4. The van der Waals surface area contributed by atoms with Crippen molar-refractivity contribution in [1.82, 2.24) is 19.7 Å². The molecular weight excluding hydrogens is 524 g/mol. The molecule has 1 unspecified atom stereocenters. The van der Waals surface area contributed by atoms with Crippen LogP contribution >= 0.6 is 15.9 Å². The van der Waals surface area contributed by atoms with E-state index in [1.165, 1.54) is 0 Å². The van der Waals surface area contributed by atoms with Gasteiger partial charge >= 0.3 is 0 Å². The van der Waals surface area contributed by atoms with E-state index in [4.69, 9.17) is 19.6 Å². The lowest BCUT2D eigenvalue weighted by molar-refractivity contribution is -0.113. The number of benzene rings is 2. The first-order chi connectivity index (χ1) is 17.5. The van der Waals surface area contributed by atoms with Crippen LogP contribution in [0.3, 0.4) is 0 Å². The van der Waals surface area contributed by atoms with Crippen LogP contribution in [-0.2, 0) is 4.79 Å². The maximum absolute atomic E-state index is 13.5. The minimum Gasteiger partial charge on any atom is -0.497 e. The lowest BCUT2D eigenvalue weighted by Crippen LogP contribution is -2.31. The van der Waals surface area contributed by atoms with Crippen molar-refractivity contribution in [3.63, 3.8) is 0 Å². The summed E-state index contributed by atoms with van der Waals surface area (Å²) in [6, 6.07) is 16.3. The number of aromatic nitrogens is 4. The molecule has 4 aromatic rings. The van der Waals surface area contributed by atoms with Gasteiger partial charge in [-0.3, -0.25) is 9.78 Å². The highest BCUT2D eigenvalue weighted by Gasteiger charge is 2.34. The lowest BCUT2D eigenvalue weighted by Gasteiger charge is -2.28. The first-order valence-electron chi connectivity index (χ1n) is 11.1. The van der Waals surface area contributed by atoms with E-state index in [-0.39, 0.29) is 5.91 Å². The van der Waals surface area contributed by atoms with E-state index in [0.29, 0.717) is 40.2 Å². The van der Waals surface area contributed by atoms with Crippen molar-refractivity contribution in [3.05, 3.63) is 88.3 Å². The summed E-state index contributed by atoms with van der Waals surface area (Å²) in [5, 5.41) is 11.0. The Balaban J connectivity index is 1.61. The van der Waals surface area contributed by atoms with Crippen molar-refractivity contribution in [2.24, 2.45) is 0 Å². The highest BCUT2D eigenvalue weighted by atomic mass is 79.9. The van der Waals surface area contributed by atoms with E-state index >= 15 is 0 Å². The number of ether oxygens (including phenoxy) is 2. The molecule has 10 heteroatoms. The first-order valence-corrected chi connectivity index (χ1v) is 11.9. The van der Waals surface area contributed by atoms with Gasteiger partial charge in [0.1, 0.15) is 17.5 Å². The summed E-state index contributed by atoms with van der Waals surface area (Å²) in [6.45, 7) is 1.86. The molecule has 1 atom stereocenters. The Bertz CT molecular complexity index is 1430. The van der Waals surface area contributed by atoms with E-state index in [1.54, 1.807) is 49.5 Å². The fourth-order valence-corrected chi connectivity index (χ4v) is 4.36. The molecule has 1 aliphatic rings. The molecule has 182 valence electrons. The number of amides is 1. The molecule has 0 bridgehead atoms. The van der Waals surface area contributed by atoms with Gasteiger partial charge in [-0.1, -0.05) is 28.1 Å². The van der Waals surface area contributed by atoms with Crippen molar-refractivity contribution in [3.8, 4) is 22.9 Å². The Morgan fingerprint density at radius 3 is 2.44 bits per heavy atom. The smallest absolute Gasteiger partial charge is 0.255 e. The van der Waals surface area contributed by atoms with Crippen LogP contribution in [0.5, 0.6) is 11.5 Å². The van der Waals surface area contributed by atoms with E-state index in [0.717, 1.165) is 15.6 Å². The van der Waals surface area contributed by atoms with Crippen molar-refractivity contribution in [2.75, 3.05) is 24.9 Å². The average Bonchev–Trinajstić information content (AvgIpc) is 3.32. The topological polar surface area (TPSA) is 103 Å². The zero-order valence-corrected chi connectivity index (χ0v) is 21.4. The van der Waals surface area contributed by atoms with Gasteiger partial charge < -0.3 is 20.1 Å². The number of carbonyl (C=O) groups is 1. The average molecular weight is 547 g/mol. The Hall–Kier alpha value is -4.18. The lowest BCUT2D eigenvalue weighted by atomic mass is 9.95. The van der Waals surface area contributed by atoms with Crippen LogP contribution in [0.15, 0.2) is 82.7 Å². The SMILES string of the molecule is COc1cc(OC)cc(-c2nc3n(n2)C(c2ccc(Br)cc2)C(C(=O)Nc2cccnc2)=C(C)N3)c1. The third-order valence-corrected chi connectivity index (χ3v) is 6.34. The molecule has 0 saturated carbocycles. The van der Waals surface area contributed by atoms with Crippen LogP contribution in [0, 0.1) is 0 Å². The summed E-state index contributed by atoms with van der Waals surface area (Å²) < 4.78 is 13.5. The maximum Gasteiger partial charge on any atom is 0.255 e. The van der Waals surface area contributed by atoms with Gasteiger partial charge in [0.15, 0.2) is 5.82 Å². The number of carbonyl (C=O) groups excluding carboxylic acids is 1. The van der Waals surface area contributed by atoms with Gasteiger partial charge in [-0.25, -0.2) is 4.68 Å². The Kier molecular flexibility index (Phi) is 6.43. The minimum absolute atomic E-state index is 0.258. The molecule has 0 aliphatic carbocycles. The number of rotatable bonds is 6. The molecule has 0 radical (unpaired) electrons. The van der Waals surface area contributed by atoms with E-state index in [1.807, 2.05) is 43.3 Å². The largest absolute Gasteiger partial charge is 0.497 e. The Morgan fingerprint density at radius 1 is 1.08 bits per heavy atom. The normalized spacial score (nSPS) is 14.6. The van der Waals surface area contributed by atoms with Crippen LogP contribution in [0.2, 0.25) is 0 Å². The number of allylic oxidation sites excluding steroid dienone is 1. The number of halogens is 1. The van der Waals surface area contributed by atoms with E-state index in [2.05, 4.69) is 31.5 Å². The van der Waals surface area contributed by atoms with Gasteiger partial charge in [-0.05, 0) is 48.9 Å². The third kappa shape index (κ3) is 4.55. The van der Waals surface area contributed by atoms with Crippen molar-refractivity contribution in [1.29, 1.82) is 0 Å². The minimum atomic E-state index is -0.514. The predicted octanol–water partition coefficient (Wildman–Crippen LogP) is 5.05.